The van der Waals surface area contributed by atoms with Crippen LogP contribution in [0.25, 0.3) is 0 Å². The van der Waals surface area contributed by atoms with Gasteiger partial charge in [0.15, 0.2) is 5.79 Å². The standard InChI is InChI=1S/C23H35F2NO3/c1-4-19(17-5-7-18(8-6-17)20(24)25)26-14-13-22(27)9-11-23(12-10-22)28-15-21(2,3)16-29-23/h5-8,19-20,26-27H,4,9-16H2,1-3H3/t19-/m0/s1. The molecule has 1 heterocycles. The van der Waals surface area contributed by atoms with Gasteiger partial charge < -0.3 is 19.9 Å². The molecular weight excluding hydrogens is 376 g/mol. The van der Waals surface area contributed by atoms with Gasteiger partial charge in [-0.2, -0.15) is 0 Å². The molecule has 2 aliphatic rings. The van der Waals surface area contributed by atoms with Crippen molar-refractivity contribution >= 4 is 0 Å². The summed E-state index contributed by atoms with van der Waals surface area (Å²) in [6.07, 6.45) is 1.82. The summed E-state index contributed by atoms with van der Waals surface area (Å²) in [5.41, 5.74) is 0.379. The Bertz CT molecular complexity index is 643. The van der Waals surface area contributed by atoms with Crippen molar-refractivity contribution in [2.75, 3.05) is 19.8 Å². The fourth-order valence-corrected chi connectivity index (χ4v) is 4.22. The molecule has 0 unspecified atom stereocenters. The minimum Gasteiger partial charge on any atom is -0.390 e. The number of rotatable bonds is 7. The molecule has 6 heteroatoms. The molecule has 164 valence electrons. The maximum atomic E-state index is 12.7. The maximum absolute atomic E-state index is 12.7. The first kappa shape index (κ1) is 22.6. The molecule has 0 amide bonds. The first-order chi connectivity index (χ1) is 13.7. The molecule has 1 spiro atoms. The van der Waals surface area contributed by atoms with E-state index in [-0.39, 0.29) is 17.0 Å². The van der Waals surface area contributed by atoms with Crippen LogP contribution in [0.5, 0.6) is 0 Å². The van der Waals surface area contributed by atoms with E-state index in [2.05, 4.69) is 26.1 Å². The molecule has 1 atom stereocenters. The number of benzene rings is 1. The summed E-state index contributed by atoms with van der Waals surface area (Å²) in [6.45, 7) is 8.39. The van der Waals surface area contributed by atoms with Crippen LogP contribution in [0.1, 0.15) is 82.9 Å². The van der Waals surface area contributed by atoms with Gasteiger partial charge >= 0.3 is 0 Å². The third-order valence-electron chi connectivity index (χ3n) is 6.37. The Balaban J connectivity index is 1.47. The van der Waals surface area contributed by atoms with E-state index in [1.165, 1.54) is 12.1 Å². The maximum Gasteiger partial charge on any atom is 0.263 e. The summed E-state index contributed by atoms with van der Waals surface area (Å²) in [6, 6.07) is 6.60. The van der Waals surface area contributed by atoms with Gasteiger partial charge in [0.2, 0.25) is 0 Å². The van der Waals surface area contributed by atoms with E-state index in [9.17, 15) is 13.9 Å². The Labute approximate surface area is 173 Å². The number of hydrogen-bond donors (Lipinski definition) is 2. The van der Waals surface area contributed by atoms with Gasteiger partial charge in [0, 0.05) is 29.9 Å². The van der Waals surface area contributed by atoms with Crippen LogP contribution in [-0.2, 0) is 9.47 Å². The predicted octanol–water partition coefficient (Wildman–Crippen LogP) is 5.13. The molecule has 0 bridgehead atoms. The number of ether oxygens (including phenoxy) is 2. The zero-order chi connectivity index (χ0) is 21.1. The van der Waals surface area contributed by atoms with Crippen LogP contribution in [0.3, 0.4) is 0 Å². The fraction of sp³-hybridized carbons (Fsp3) is 0.739. The zero-order valence-electron chi connectivity index (χ0n) is 17.8. The minimum atomic E-state index is -2.44. The molecule has 2 N–H and O–H groups in total. The summed E-state index contributed by atoms with van der Waals surface area (Å²) in [5.74, 6) is -0.520. The van der Waals surface area contributed by atoms with E-state index < -0.39 is 17.8 Å². The summed E-state index contributed by atoms with van der Waals surface area (Å²) >= 11 is 0. The number of alkyl halides is 2. The minimum absolute atomic E-state index is 0.0459. The van der Waals surface area contributed by atoms with Crippen molar-refractivity contribution in [3.05, 3.63) is 35.4 Å². The third-order valence-corrected chi connectivity index (χ3v) is 6.37. The quantitative estimate of drug-likeness (QED) is 0.653. The predicted molar refractivity (Wildman–Crippen MR) is 109 cm³/mol. The van der Waals surface area contributed by atoms with E-state index in [0.29, 0.717) is 51.9 Å². The Morgan fingerprint density at radius 3 is 2.07 bits per heavy atom. The second kappa shape index (κ2) is 8.96. The number of halogens is 2. The van der Waals surface area contributed by atoms with Gasteiger partial charge in [-0.3, -0.25) is 0 Å². The Kier molecular flexibility index (Phi) is 6.99. The number of hydrogen-bond acceptors (Lipinski definition) is 4. The molecule has 2 fully saturated rings. The van der Waals surface area contributed by atoms with Gasteiger partial charge in [0.25, 0.3) is 6.43 Å². The highest BCUT2D eigenvalue weighted by Gasteiger charge is 2.46. The summed E-state index contributed by atoms with van der Waals surface area (Å²) in [7, 11) is 0. The van der Waals surface area contributed by atoms with Crippen LogP contribution in [-0.4, -0.2) is 36.3 Å². The van der Waals surface area contributed by atoms with Gasteiger partial charge in [-0.1, -0.05) is 45.0 Å². The van der Waals surface area contributed by atoms with Gasteiger partial charge in [-0.25, -0.2) is 8.78 Å². The van der Waals surface area contributed by atoms with E-state index >= 15 is 0 Å². The monoisotopic (exact) mass is 411 g/mol. The SMILES string of the molecule is CC[C@H](NCCC1(O)CCC2(CC1)OCC(C)(C)CO2)c1ccc(C(F)F)cc1. The number of nitrogens with one attached hydrogen (secondary N) is 1. The lowest BCUT2D eigenvalue weighted by Gasteiger charge is -2.48. The summed E-state index contributed by atoms with van der Waals surface area (Å²) in [4.78, 5) is 0. The van der Waals surface area contributed by atoms with Crippen molar-refractivity contribution in [3.63, 3.8) is 0 Å². The lowest BCUT2D eigenvalue weighted by Crippen LogP contribution is -2.52. The van der Waals surface area contributed by atoms with Crippen LogP contribution in [0.15, 0.2) is 24.3 Å². The lowest BCUT2D eigenvalue weighted by molar-refractivity contribution is -0.319. The van der Waals surface area contributed by atoms with Gasteiger partial charge in [0.05, 0.1) is 18.8 Å². The van der Waals surface area contributed by atoms with Crippen LogP contribution in [0, 0.1) is 5.41 Å². The molecule has 1 aliphatic heterocycles. The largest absolute Gasteiger partial charge is 0.390 e. The molecule has 29 heavy (non-hydrogen) atoms. The van der Waals surface area contributed by atoms with Crippen LogP contribution in [0.4, 0.5) is 8.78 Å². The fourth-order valence-electron chi connectivity index (χ4n) is 4.22. The molecule has 0 radical (unpaired) electrons. The van der Waals surface area contributed by atoms with Crippen LogP contribution in [0.2, 0.25) is 0 Å². The second-order valence-corrected chi connectivity index (χ2v) is 9.51. The highest BCUT2D eigenvalue weighted by atomic mass is 19.3. The molecule has 4 nitrogen and oxygen atoms in total. The molecule has 1 aliphatic carbocycles. The molecule has 1 aromatic carbocycles. The molecule has 1 saturated carbocycles. The van der Waals surface area contributed by atoms with Crippen molar-refractivity contribution in [2.45, 2.75) is 83.2 Å². The zero-order valence-corrected chi connectivity index (χ0v) is 17.8. The topological polar surface area (TPSA) is 50.7 Å². The Morgan fingerprint density at radius 1 is 1.00 bits per heavy atom. The average molecular weight is 412 g/mol. The molecular formula is C23H35F2NO3. The van der Waals surface area contributed by atoms with Crippen molar-refractivity contribution < 1.29 is 23.4 Å². The molecule has 1 aromatic rings. The van der Waals surface area contributed by atoms with Crippen molar-refractivity contribution in [2.24, 2.45) is 5.41 Å². The summed E-state index contributed by atoms with van der Waals surface area (Å²) in [5, 5.41) is 14.5. The average Bonchev–Trinajstić information content (AvgIpc) is 2.70. The van der Waals surface area contributed by atoms with E-state index in [0.717, 1.165) is 12.0 Å². The van der Waals surface area contributed by atoms with Crippen molar-refractivity contribution in [3.8, 4) is 0 Å². The van der Waals surface area contributed by atoms with Crippen LogP contribution < -0.4 is 5.32 Å². The first-order valence-electron chi connectivity index (χ1n) is 10.8. The molecule has 1 saturated heterocycles. The van der Waals surface area contributed by atoms with Crippen LogP contribution >= 0.6 is 0 Å². The Hall–Kier alpha value is -1.08. The van der Waals surface area contributed by atoms with Gasteiger partial charge in [0.1, 0.15) is 0 Å². The highest BCUT2D eigenvalue weighted by Crippen LogP contribution is 2.43. The molecule has 3 rings (SSSR count). The Morgan fingerprint density at radius 2 is 1.55 bits per heavy atom. The van der Waals surface area contributed by atoms with Gasteiger partial charge in [-0.15, -0.1) is 0 Å². The van der Waals surface area contributed by atoms with E-state index in [1.54, 1.807) is 12.1 Å². The lowest BCUT2D eigenvalue weighted by atomic mass is 9.78. The second-order valence-electron chi connectivity index (χ2n) is 9.51. The highest BCUT2D eigenvalue weighted by molar-refractivity contribution is 5.25. The normalized spacial score (nSPS) is 24.0. The third kappa shape index (κ3) is 5.75. The van der Waals surface area contributed by atoms with E-state index in [4.69, 9.17) is 9.47 Å². The van der Waals surface area contributed by atoms with Gasteiger partial charge in [-0.05, 0) is 37.8 Å². The number of aliphatic hydroxyl groups is 1. The first-order valence-corrected chi connectivity index (χ1v) is 10.8. The van der Waals surface area contributed by atoms with Crippen molar-refractivity contribution in [1.82, 2.24) is 5.32 Å². The van der Waals surface area contributed by atoms with E-state index in [1.807, 2.05) is 0 Å². The van der Waals surface area contributed by atoms with Crippen molar-refractivity contribution in [1.29, 1.82) is 0 Å². The molecule has 0 aromatic heterocycles. The summed E-state index contributed by atoms with van der Waals surface area (Å²) < 4.78 is 37.6. The smallest absolute Gasteiger partial charge is 0.263 e.